The van der Waals surface area contributed by atoms with Gasteiger partial charge in [0.15, 0.2) is 11.6 Å². The van der Waals surface area contributed by atoms with Gasteiger partial charge in [-0.25, -0.2) is 0 Å². The van der Waals surface area contributed by atoms with Crippen LogP contribution in [0.25, 0.3) is 6.08 Å². The van der Waals surface area contributed by atoms with E-state index in [0.29, 0.717) is 0 Å². The number of hydrogen-bond acceptors (Lipinski definition) is 3. The molecular formula is C13H11Cl3O3. The molecule has 0 aliphatic heterocycles. The summed E-state index contributed by atoms with van der Waals surface area (Å²) >= 11 is 16.1. The average Bonchev–Trinajstić information content (AvgIpc) is 2.35. The number of carbonyl (C=O) groups is 2. The minimum absolute atomic E-state index is 0.424. The fraction of sp³-hybridized carbons (Fsp3) is 0.231. The summed E-state index contributed by atoms with van der Waals surface area (Å²) in [6, 6.07) is 7.08. The van der Waals surface area contributed by atoms with Gasteiger partial charge < -0.3 is 4.74 Å². The number of ether oxygens (including phenoxy) is 1. The topological polar surface area (TPSA) is 43.4 Å². The number of halogens is 3. The van der Waals surface area contributed by atoms with Crippen LogP contribution in [0, 0.1) is 0 Å². The highest BCUT2D eigenvalue weighted by molar-refractivity contribution is 6.76. The number of alkyl halides is 3. The molecule has 0 aliphatic carbocycles. The summed E-state index contributed by atoms with van der Waals surface area (Å²) in [6.07, 6.45) is 2.41. The maximum absolute atomic E-state index is 11.5. The average molecular weight is 322 g/mol. The zero-order valence-corrected chi connectivity index (χ0v) is 12.3. The van der Waals surface area contributed by atoms with Crippen LogP contribution in [0.1, 0.15) is 12.0 Å². The second-order valence-electron chi connectivity index (χ2n) is 3.67. The van der Waals surface area contributed by atoms with Crippen LogP contribution in [0.4, 0.5) is 0 Å². The first kappa shape index (κ1) is 16.0. The van der Waals surface area contributed by atoms with Gasteiger partial charge in [0.05, 0.1) is 13.5 Å². The summed E-state index contributed by atoms with van der Waals surface area (Å²) < 4.78 is 2.95. The van der Waals surface area contributed by atoms with E-state index in [1.165, 1.54) is 6.08 Å². The van der Waals surface area contributed by atoms with E-state index in [1.54, 1.807) is 37.5 Å². The minimum Gasteiger partial charge on any atom is -0.497 e. The van der Waals surface area contributed by atoms with Gasteiger partial charge in [-0.05, 0) is 23.8 Å². The summed E-state index contributed by atoms with van der Waals surface area (Å²) in [5.41, 5.74) is 0.801. The van der Waals surface area contributed by atoms with Gasteiger partial charge in [0.25, 0.3) is 0 Å². The van der Waals surface area contributed by atoms with Crippen molar-refractivity contribution in [3.8, 4) is 5.75 Å². The summed E-state index contributed by atoms with van der Waals surface area (Å²) in [5, 5.41) is 0. The second kappa shape index (κ2) is 6.94. The van der Waals surface area contributed by atoms with E-state index in [0.717, 1.165) is 11.3 Å². The Hall–Kier alpha value is -1.03. The van der Waals surface area contributed by atoms with Crippen LogP contribution in [0.3, 0.4) is 0 Å². The van der Waals surface area contributed by atoms with Crippen molar-refractivity contribution in [2.45, 2.75) is 10.2 Å². The van der Waals surface area contributed by atoms with Crippen molar-refractivity contribution in [2.75, 3.05) is 7.11 Å². The predicted molar refractivity (Wildman–Crippen MR) is 76.9 cm³/mol. The van der Waals surface area contributed by atoms with Crippen molar-refractivity contribution >= 4 is 52.4 Å². The number of rotatable bonds is 5. The zero-order valence-electron chi connectivity index (χ0n) is 10.0. The monoisotopic (exact) mass is 320 g/mol. The Kier molecular flexibility index (Phi) is 5.85. The lowest BCUT2D eigenvalue weighted by molar-refractivity contribution is -0.124. The molecule has 19 heavy (non-hydrogen) atoms. The van der Waals surface area contributed by atoms with E-state index >= 15 is 0 Å². The number of Topliss-reactive ketones (excluding diaryl/α,β-unsaturated/α-hetero) is 1. The number of benzene rings is 1. The minimum atomic E-state index is -2.05. The molecule has 0 fully saturated rings. The quantitative estimate of drug-likeness (QED) is 0.473. The lowest BCUT2D eigenvalue weighted by atomic mass is 10.1. The van der Waals surface area contributed by atoms with E-state index in [1.807, 2.05) is 0 Å². The van der Waals surface area contributed by atoms with Crippen molar-refractivity contribution in [2.24, 2.45) is 0 Å². The van der Waals surface area contributed by atoms with E-state index in [-0.39, 0.29) is 0 Å². The van der Waals surface area contributed by atoms with Crippen molar-refractivity contribution in [3.05, 3.63) is 35.9 Å². The second-order valence-corrected chi connectivity index (χ2v) is 5.95. The van der Waals surface area contributed by atoms with Crippen LogP contribution in [-0.4, -0.2) is 22.5 Å². The van der Waals surface area contributed by atoms with Gasteiger partial charge in [-0.3, -0.25) is 9.59 Å². The van der Waals surface area contributed by atoms with Gasteiger partial charge in [0.2, 0.25) is 3.79 Å². The summed E-state index contributed by atoms with van der Waals surface area (Å²) in [7, 11) is 1.57. The number of hydrogen-bond donors (Lipinski definition) is 0. The van der Waals surface area contributed by atoms with Crippen LogP contribution in [-0.2, 0) is 9.59 Å². The van der Waals surface area contributed by atoms with Crippen LogP contribution in [0.5, 0.6) is 5.75 Å². The molecule has 1 aromatic carbocycles. The lowest BCUT2D eigenvalue weighted by Crippen LogP contribution is -2.21. The lowest BCUT2D eigenvalue weighted by Gasteiger charge is -2.06. The molecule has 0 atom stereocenters. The van der Waals surface area contributed by atoms with Crippen molar-refractivity contribution in [1.82, 2.24) is 0 Å². The molecule has 3 nitrogen and oxygen atoms in total. The van der Waals surface area contributed by atoms with Crippen LogP contribution >= 0.6 is 34.8 Å². The third-order valence-corrected chi connectivity index (χ3v) is 2.86. The maximum Gasteiger partial charge on any atom is 0.249 e. The molecule has 1 rings (SSSR count). The van der Waals surface area contributed by atoms with Gasteiger partial charge in [-0.15, -0.1) is 0 Å². The molecule has 1 aromatic rings. The Morgan fingerprint density at radius 2 is 1.79 bits per heavy atom. The SMILES string of the molecule is COc1ccc(/C=C/C(=O)CC(=O)C(Cl)(Cl)Cl)cc1. The third kappa shape index (κ3) is 5.64. The fourth-order valence-electron chi connectivity index (χ4n) is 1.22. The molecule has 0 heterocycles. The van der Waals surface area contributed by atoms with Gasteiger partial charge in [-0.1, -0.05) is 53.0 Å². The molecule has 6 heteroatoms. The Morgan fingerprint density at radius 1 is 1.21 bits per heavy atom. The summed E-state index contributed by atoms with van der Waals surface area (Å²) in [5.74, 6) is -0.455. The highest BCUT2D eigenvalue weighted by Crippen LogP contribution is 2.28. The van der Waals surface area contributed by atoms with E-state index in [9.17, 15) is 9.59 Å². The zero-order chi connectivity index (χ0) is 14.5. The first-order valence-corrected chi connectivity index (χ1v) is 6.41. The standard InChI is InChI=1S/C13H11Cl3O3/c1-19-11-6-3-9(4-7-11)2-5-10(17)8-12(18)13(14,15)16/h2-7H,8H2,1H3/b5-2+. The Bertz CT molecular complexity index is 487. The molecule has 0 unspecified atom stereocenters. The predicted octanol–water partition coefficient (Wildman–Crippen LogP) is 3.61. The highest BCUT2D eigenvalue weighted by Gasteiger charge is 2.31. The van der Waals surface area contributed by atoms with Gasteiger partial charge in [0, 0.05) is 0 Å². The molecular weight excluding hydrogens is 310 g/mol. The first-order valence-electron chi connectivity index (χ1n) is 5.28. The maximum atomic E-state index is 11.5. The molecule has 0 saturated carbocycles. The van der Waals surface area contributed by atoms with Crippen LogP contribution in [0.15, 0.2) is 30.3 Å². The third-order valence-electron chi connectivity index (χ3n) is 2.23. The number of carbonyl (C=O) groups excluding carboxylic acids is 2. The summed E-state index contributed by atoms with van der Waals surface area (Å²) in [6.45, 7) is 0. The van der Waals surface area contributed by atoms with Crippen LogP contribution in [0.2, 0.25) is 0 Å². The Morgan fingerprint density at radius 3 is 2.26 bits per heavy atom. The summed E-state index contributed by atoms with van der Waals surface area (Å²) in [4.78, 5) is 22.8. The normalized spacial score (nSPS) is 11.6. The Labute approximate surface area is 126 Å². The van der Waals surface area contributed by atoms with Gasteiger partial charge in [-0.2, -0.15) is 0 Å². The fourth-order valence-corrected chi connectivity index (χ4v) is 1.42. The van der Waals surface area contributed by atoms with E-state index < -0.39 is 21.8 Å². The number of methoxy groups -OCH3 is 1. The molecule has 0 saturated heterocycles. The molecule has 0 radical (unpaired) electrons. The molecule has 0 N–H and O–H groups in total. The molecule has 0 aromatic heterocycles. The van der Waals surface area contributed by atoms with Gasteiger partial charge in [0.1, 0.15) is 5.75 Å². The van der Waals surface area contributed by atoms with E-state index in [2.05, 4.69) is 0 Å². The number of ketones is 2. The molecule has 0 bridgehead atoms. The van der Waals surface area contributed by atoms with Crippen molar-refractivity contribution in [1.29, 1.82) is 0 Å². The van der Waals surface area contributed by atoms with Crippen LogP contribution < -0.4 is 4.74 Å². The molecule has 102 valence electrons. The van der Waals surface area contributed by atoms with Crippen molar-refractivity contribution in [3.63, 3.8) is 0 Å². The van der Waals surface area contributed by atoms with Gasteiger partial charge >= 0.3 is 0 Å². The molecule has 0 amide bonds. The molecule has 0 aliphatic rings. The first-order chi connectivity index (χ1) is 8.82. The smallest absolute Gasteiger partial charge is 0.249 e. The molecule has 0 spiro atoms. The Balaban J connectivity index is 2.61. The number of allylic oxidation sites excluding steroid dienone is 1. The van der Waals surface area contributed by atoms with Crippen molar-refractivity contribution < 1.29 is 14.3 Å². The largest absolute Gasteiger partial charge is 0.497 e. The highest BCUT2D eigenvalue weighted by atomic mass is 35.6. The van der Waals surface area contributed by atoms with E-state index in [4.69, 9.17) is 39.5 Å².